The molecule has 2 aliphatic heterocycles. The first-order valence-corrected chi connectivity index (χ1v) is 23.3. The lowest BCUT2D eigenvalue weighted by Crippen LogP contribution is -2.61. The van der Waals surface area contributed by atoms with E-state index in [1.165, 1.54) is 77.0 Å². The predicted molar refractivity (Wildman–Crippen MR) is 224 cm³/mol. The van der Waals surface area contributed by atoms with Gasteiger partial charge in [-0.1, -0.05) is 142 Å². The Balaban J connectivity index is 1.79. The summed E-state index contributed by atoms with van der Waals surface area (Å²) in [6.07, 6.45) is 15.7. The molecule has 7 N–H and O–H groups in total. The second kappa shape index (κ2) is 34.2. The maximum Gasteiger partial charge on any atom is 0.306 e. The van der Waals surface area contributed by atoms with Gasteiger partial charge in [-0.15, -0.1) is 0 Å². The molecule has 2 fully saturated rings. The molecule has 0 aromatic carbocycles. The van der Waals surface area contributed by atoms with Crippen molar-refractivity contribution in [3.05, 3.63) is 12.2 Å². The maximum absolute atomic E-state index is 12.9. The van der Waals surface area contributed by atoms with E-state index in [0.717, 1.165) is 64.2 Å². The Morgan fingerprint density at radius 2 is 1.03 bits per heavy atom. The molecule has 0 aliphatic carbocycles. The number of aliphatic hydroxyl groups excluding tert-OH is 7. The Labute approximate surface area is 354 Å². The van der Waals surface area contributed by atoms with Crippen LogP contribution in [0, 0.1) is 0 Å². The van der Waals surface area contributed by atoms with Crippen LogP contribution in [0.4, 0.5) is 0 Å². The van der Waals surface area contributed by atoms with Crippen molar-refractivity contribution in [3.63, 3.8) is 0 Å². The molecule has 14 nitrogen and oxygen atoms in total. The zero-order valence-corrected chi connectivity index (χ0v) is 36.5. The first kappa shape index (κ1) is 53.9. The lowest BCUT2D eigenvalue weighted by atomic mass is 9.98. The van der Waals surface area contributed by atoms with Crippen molar-refractivity contribution in [2.75, 3.05) is 33.0 Å². The molecule has 0 saturated carbocycles. The standard InChI is InChI=1S/C45H84O14/c1-3-5-7-9-11-13-15-16-17-18-19-21-23-25-27-29-54-31-34(57-37(47)28-26-24-22-20-14-12-10-8-6-4-2)32-55-44-43(53)41(51)39(49)36(59-44)33-56-45-42(52)40(50)38(48)35(30-46)58-45/h8,10,34-36,38-46,48-53H,3-7,9,11-33H2,1-2H3/b10-8-. The second-order valence-electron chi connectivity index (χ2n) is 16.6. The monoisotopic (exact) mass is 849 g/mol. The summed E-state index contributed by atoms with van der Waals surface area (Å²) in [4.78, 5) is 12.9. The lowest BCUT2D eigenvalue weighted by molar-refractivity contribution is -0.332. The van der Waals surface area contributed by atoms with Crippen molar-refractivity contribution < 1.29 is 69.0 Å². The van der Waals surface area contributed by atoms with E-state index < -0.39 is 80.7 Å². The molecule has 0 bridgehead atoms. The summed E-state index contributed by atoms with van der Waals surface area (Å²) in [6, 6.07) is 0. The topological polar surface area (TPSA) is 214 Å². The zero-order chi connectivity index (χ0) is 43.1. The van der Waals surface area contributed by atoms with Crippen LogP contribution < -0.4 is 0 Å². The first-order chi connectivity index (χ1) is 28.6. The average Bonchev–Trinajstić information content (AvgIpc) is 3.23. The molecule has 2 aliphatic rings. The van der Waals surface area contributed by atoms with E-state index in [2.05, 4.69) is 26.0 Å². The van der Waals surface area contributed by atoms with Gasteiger partial charge in [-0.05, 0) is 32.1 Å². The van der Waals surface area contributed by atoms with Gasteiger partial charge in [-0.25, -0.2) is 0 Å². The highest BCUT2D eigenvalue weighted by atomic mass is 16.7. The summed E-state index contributed by atoms with van der Waals surface area (Å²) < 4.78 is 34.1. The smallest absolute Gasteiger partial charge is 0.306 e. The van der Waals surface area contributed by atoms with Gasteiger partial charge in [-0.3, -0.25) is 4.79 Å². The van der Waals surface area contributed by atoms with Crippen molar-refractivity contribution in [2.24, 2.45) is 0 Å². The van der Waals surface area contributed by atoms with E-state index in [-0.39, 0.29) is 25.6 Å². The zero-order valence-electron chi connectivity index (χ0n) is 36.5. The van der Waals surface area contributed by atoms with Gasteiger partial charge in [0.25, 0.3) is 0 Å². The molecule has 2 heterocycles. The summed E-state index contributed by atoms with van der Waals surface area (Å²) in [5.74, 6) is -0.386. The van der Waals surface area contributed by atoms with E-state index >= 15 is 0 Å². The van der Waals surface area contributed by atoms with Gasteiger partial charge in [0.2, 0.25) is 0 Å². The van der Waals surface area contributed by atoms with Gasteiger partial charge in [0.1, 0.15) is 54.9 Å². The van der Waals surface area contributed by atoms with Crippen LogP contribution in [0.5, 0.6) is 0 Å². The van der Waals surface area contributed by atoms with Crippen LogP contribution in [0.15, 0.2) is 12.2 Å². The van der Waals surface area contributed by atoms with E-state index in [1.54, 1.807) is 0 Å². The minimum absolute atomic E-state index is 0.0630. The Bertz CT molecular complexity index is 1030. The summed E-state index contributed by atoms with van der Waals surface area (Å²) >= 11 is 0. The van der Waals surface area contributed by atoms with Crippen molar-refractivity contribution in [1.82, 2.24) is 0 Å². The SMILES string of the molecule is CCC/C=C\CCCCCCCC(=O)OC(COCCCCCCCCCCCCCCCCC)COC1OC(COC2OC(CO)C(O)C(O)C2O)C(O)C(O)C1O. The molecule has 2 saturated heterocycles. The van der Waals surface area contributed by atoms with Gasteiger partial charge >= 0.3 is 5.97 Å². The minimum Gasteiger partial charge on any atom is -0.457 e. The molecule has 0 radical (unpaired) electrons. The lowest BCUT2D eigenvalue weighted by Gasteiger charge is -2.42. The van der Waals surface area contributed by atoms with Gasteiger partial charge in [-0.2, -0.15) is 0 Å². The minimum atomic E-state index is -1.70. The van der Waals surface area contributed by atoms with Gasteiger partial charge in [0.15, 0.2) is 12.6 Å². The predicted octanol–water partition coefficient (Wildman–Crippen LogP) is 5.51. The normalized spacial score (nSPS) is 28.0. The number of allylic oxidation sites excluding steroid dienone is 2. The number of carbonyl (C=O) groups excluding carboxylic acids is 1. The van der Waals surface area contributed by atoms with Crippen LogP contribution in [-0.4, -0.2) is 142 Å². The number of unbranched alkanes of at least 4 members (excludes halogenated alkanes) is 20. The van der Waals surface area contributed by atoms with Crippen LogP contribution >= 0.6 is 0 Å². The Hall–Kier alpha value is -1.27. The van der Waals surface area contributed by atoms with Crippen LogP contribution in [0.1, 0.15) is 168 Å². The third kappa shape index (κ3) is 23.1. The number of esters is 1. The van der Waals surface area contributed by atoms with Crippen LogP contribution in [-0.2, 0) is 33.2 Å². The fourth-order valence-corrected chi connectivity index (χ4v) is 7.40. The Kier molecular flexibility index (Phi) is 31.3. The van der Waals surface area contributed by atoms with Gasteiger partial charge in [0.05, 0.1) is 26.4 Å². The molecule has 14 heteroatoms. The highest BCUT2D eigenvalue weighted by molar-refractivity contribution is 5.69. The Morgan fingerprint density at radius 3 is 1.61 bits per heavy atom. The molecule has 11 atom stereocenters. The molecule has 59 heavy (non-hydrogen) atoms. The van der Waals surface area contributed by atoms with Crippen molar-refractivity contribution in [3.8, 4) is 0 Å². The molecular formula is C45H84O14. The van der Waals surface area contributed by atoms with Crippen molar-refractivity contribution >= 4 is 5.97 Å². The van der Waals surface area contributed by atoms with Crippen molar-refractivity contribution in [2.45, 2.75) is 235 Å². The maximum atomic E-state index is 12.9. The second-order valence-corrected chi connectivity index (χ2v) is 16.6. The molecule has 0 aromatic rings. The third-order valence-corrected chi connectivity index (χ3v) is 11.3. The van der Waals surface area contributed by atoms with E-state index in [1.807, 2.05) is 0 Å². The summed E-state index contributed by atoms with van der Waals surface area (Å²) in [5.41, 5.74) is 0. The van der Waals surface area contributed by atoms with E-state index in [0.29, 0.717) is 13.0 Å². The van der Waals surface area contributed by atoms with Crippen molar-refractivity contribution in [1.29, 1.82) is 0 Å². The van der Waals surface area contributed by atoms with Crippen LogP contribution in [0.2, 0.25) is 0 Å². The molecule has 0 aromatic heterocycles. The number of carbonyl (C=O) groups is 1. The number of hydrogen-bond donors (Lipinski definition) is 7. The third-order valence-electron chi connectivity index (χ3n) is 11.3. The molecule has 0 amide bonds. The summed E-state index contributed by atoms with van der Waals surface area (Å²) in [6.45, 7) is 3.62. The number of aliphatic hydroxyl groups is 7. The number of ether oxygens (including phenoxy) is 6. The highest BCUT2D eigenvalue weighted by Crippen LogP contribution is 2.26. The molecular weight excluding hydrogens is 764 g/mol. The van der Waals surface area contributed by atoms with Gasteiger partial charge in [0, 0.05) is 13.0 Å². The molecule has 2 rings (SSSR count). The summed E-state index contributed by atoms with van der Waals surface area (Å²) in [5, 5.41) is 71.8. The fraction of sp³-hybridized carbons (Fsp3) is 0.933. The molecule has 11 unspecified atom stereocenters. The van der Waals surface area contributed by atoms with Crippen LogP contribution in [0.3, 0.4) is 0 Å². The van der Waals surface area contributed by atoms with E-state index in [4.69, 9.17) is 28.4 Å². The molecule has 0 spiro atoms. The quantitative estimate of drug-likeness (QED) is 0.0235. The van der Waals surface area contributed by atoms with Crippen LogP contribution in [0.25, 0.3) is 0 Å². The van der Waals surface area contributed by atoms with Gasteiger partial charge < -0.3 is 64.2 Å². The Morgan fingerprint density at radius 1 is 0.542 bits per heavy atom. The largest absolute Gasteiger partial charge is 0.457 e. The van der Waals surface area contributed by atoms with E-state index in [9.17, 15) is 40.5 Å². The summed E-state index contributed by atoms with van der Waals surface area (Å²) in [7, 11) is 0. The number of rotatable bonds is 36. The highest BCUT2D eigenvalue weighted by Gasteiger charge is 2.47. The fourth-order valence-electron chi connectivity index (χ4n) is 7.40. The first-order valence-electron chi connectivity index (χ1n) is 23.3. The molecule has 348 valence electrons. The number of hydrogen-bond acceptors (Lipinski definition) is 14. The average molecular weight is 849 g/mol.